The van der Waals surface area contributed by atoms with Gasteiger partial charge in [-0.05, 0) is 32.7 Å². The van der Waals surface area contributed by atoms with Crippen molar-refractivity contribution in [3.63, 3.8) is 0 Å². The number of sulfone groups is 1. The number of nitrogens with zero attached hydrogens (tertiary/aromatic N) is 4. The molecule has 1 atom stereocenters. The molecule has 8 heteroatoms. The third-order valence-corrected chi connectivity index (χ3v) is 5.42. The lowest BCUT2D eigenvalue weighted by Gasteiger charge is -2.25. The van der Waals surface area contributed by atoms with Gasteiger partial charge in [0.25, 0.3) is 0 Å². The molecule has 7 nitrogen and oxygen atoms in total. The van der Waals surface area contributed by atoms with Crippen molar-refractivity contribution in [1.82, 2.24) is 19.5 Å². The van der Waals surface area contributed by atoms with Crippen LogP contribution >= 0.6 is 0 Å². The summed E-state index contributed by atoms with van der Waals surface area (Å²) in [6.07, 6.45) is 11.1. The van der Waals surface area contributed by atoms with E-state index in [1.165, 1.54) is 29.8 Å². The maximum absolute atomic E-state index is 11.7. The van der Waals surface area contributed by atoms with Gasteiger partial charge in [0.1, 0.15) is 4.90 Å². The molecule has 2 aromatic heterocycles. The quantitative estimate of drug-likeness (QED) is 0.785. The van der Waals surface area contributed by atoms with Crippen LogP contribution in [-0.2, 0) is 21.1 Å². The predicted octanol–water partition coefficient (Wildman–Crippen LogP) is 1.52. The smallest absolute Gasteiger partial charge is 0.180 e. The van der Waals surface area contributed by atoms with E-state index >= 15 is 0 Å². The second kappa shape index (κ2) is 7.16. The molecule has 0 radical (unpaired) electrons. The van der Waals surface area contributed by atoms with Crippen LogP contribution in [0.1, 0.15) is 31.2 Å². The molecule has 1 aliphatic rings. The molecule has 0 N–H and O–H groups in total. The first kappa shape index (κ1) is 17.3. The average Bonchev–Trinajstić information content (AvgIpc) is 2.97. The number of rotatable bonds is 6. The molecule has 0 aromatic carbocycles. The van der Waals surface area contributed by atoms with Gasteiger partial charge in [-0.15, -0.1) is 0 Å². The van der Waals surface area contributed by atoms with E-state index < -0.39 is 9.84 Å². The van der Waals surface area contributed by atoms with Gasteiger partial charge in [-0.1, -0.05) is 0 Å². The Labute approximate surface area is 142 Å². The summed E-state index contributed by atoms with van der Waals surface area (Å²) >= 11 is 0. The lowest BCUT2D eigenvalue weighted by Crippen LogP contribution is -2.26. The van der Waals surface area contributed by atoms with Crippen molar-refractivity contribution in [2.24, 2.45) is 0 Å². The zero-order valence-electron chi connectivity index (χ0n) is 14.2. The van der Waals surface area contributed by atoms with Crippen LogP contribution in [0.4, 0.5) is 0 Å². The van der Waals surface area contributed by atoms with Gasteiger partial charge in [-0.3, -0.25) is 0 Å². The molecule has 0 unspecified atom stereocenters. The lowest BCUT2D eigenvalue weighted by molar-refractivity contribution is 0.00640. The molecule has 24 heavy (non-hydrogen) atoms. The number of fused-ring (bicyclic) bond motifs is 1. The minimum atomic E-state index is -3.31. The first-order chi connectivity index (χ1) is 11.4. The highest BCUT2D eigenvalue weighted by Crippen LogP contribution is 2.17. The Morgan fingerprint density at radius 2 is 2.21 bits per heavy atom. The lowest BCUT2D eigenvalue weighted by atomic mass is 10.1. The number of ether oxygens (including phenoxy) is 1. The molecule has 1 saturated heterocycles. The van der Waals surface area contributed by atoms with E-state index in [4.69, 9.17) is 4.74 Å². The molecule has 1 fully saturated rings. The summed E-state index contributed by atoms with van der Waals surface area (Å²) in [6.45, 7) is 2.58. The summed E-state index contributed by atoms with van der Waals surface area (Å²) in [4.78, 5) is 6.67. The summed E-state index contributed by atoms with van der Waals surface area (Å²) in [6, 6.07) is 0. The number of aromatic nitrogens is 3. The third-order valence-electron chi connectivity index (χ3n) is 4.34. The Morgan fingerprint density at radius 1 is 1.38 bits per heavy atom. The Kier molecular flexibility index (Phi) is 5.17. The fourth-order valence-electron chi connectivity index (χ4n) is 3.03. The fraction of sp³-hybridized carbons (Fsp3) is 0.625. The van der Waals surface area contributed by atoms with Gasteiger partial charge in [-0.2, -0.15) is 5.10 Å². The Bertz CT molecular complexity index is 797. The van der Waals surface area contributed by atoms with Crippen LogP contribution in [0.5, 0.6) is 0 Å². The molecule has 0 aliphatic carbocycles. The van der Waals surface area contributed by atoms with E-state index in [9.17, 15) is 8.42 Å². The normalized spacial score (nSPS) is 19.2. The molecule has 132 valence electrons. The van der Waals surface area contributed by atoms with Gasteiger partial charge in [0.2, 0.25) is 0 Å². The highest BCUT2D eigenvalue weighted by molar-refractivity contribution is 7.90. The van der Waals surface area contributed by atoms with Gasteiger partial charge >= 0.3 is 0 Å². The van der Waals surface area contributed by atoms with Crippen LogP contribution in [0.15, 0.2) is 23.5 Å². The average molecular weight is 352 g/mol. The monoisotopic (exact) mass is 352 g/mol. The van der Waals surface area contributed by atoms with Gasteiger partial charge in [0.05, 0.1) is 12.3 Å². The van der Waals surface area contributed by atoms with Crippen molar-refractivity contribution < 1.29 is 13.2 Å². The van der Waals surface area contributed by atoms with Crippen molar-refractivity contribution in [1.29, 1.82) is 0 Å². The summed E-state index contributed by atoms with van der Waals surface area (Å²) in [7, 11) is -1.25. The van der Waals surface area contributed by atoms with Crippen LogP contribution in [0.25, 0.3) is 5.65 Å². The zero-order valence-corrected chi connectivity index (χ0v) is 15.0. The largest absolute Gasteiger partial charge is 0.378 e. The third kappa shape index (κ3) is 4.12. The van der Waals surface area contributed by atoms with Crippen molar-refractivity contribution in [2.75, 3.05) is 26.5 Å². The van der Waals surface area contributed by atoms with Crippen LogP contribution in [0.3, 0.4) is 0 Å². The molecular formula is C16H24N4O3S. The van der Waals surface area contributed by atoms with Crippen molar-refractivity contribution in [3.8, 4) is 0 Å². The summed E-state index contributed by atoms with van der Waals surface area (Å²) in [5.41, 5.74) is 1.37. The first-order valence-electron chi connectivity index (χ1n) is 8.26. The van der Waals surface area contributed by atoms with Crippen LogP contribution in [-0.4, -0.2) is 60.5 Å². The second-order valence-corrected chi connectivity index (χ2v) is 8.51. The molecule has 0 saturated carbocycles. The number of hydrogen-bond donors (Lipinski definition) is 0. The van der Waals surface area contributed by atoms with E-state index in [0.717, 1.165) is 38.1 Å². The van der Waals surface area contributed by atoms with Gasteiger partial charge in [0.15, 0.2) is 15.5 Å². The first-order valence-corrected chi connectivity index (χ1v) is 10.1. The molecule has 3 rings (SSSR count). The maximum Gasteiger partial charge on any atom is 0.180 e. The minimum absolute atomic E-state index is 0.164. The number of hydrogen-bond acceptors (Lipinski definition) is 6. The van der Waals surface area contributed by atoms with E-state index in [1.807, 2.05) is 6.20 Å². The molecule has 0 bridgehead atoms. The Balaban J connectivity index is 1.62. The fourth-order valence-corrected chi connectivity index (χ4v) is 3.74. The van der Waals surface area contributed by atoms with Gasteiger partial charge in [0, 0.05) is 43.9 Å². The standard InChI is InChI=1S/C16H24N4O3S/c1-19(7-6-14-5-3-4-8-23-14)11-13-9-17-16-15(24(2,21)22)10-18-20(16)12-13/h9-10,12,14H,3-8,11H2,1-2H3/t14-/m1/s1. The van der Waals surface area contributed by atoms with E-state index in [0.29, 0.717) is 11.8 Å². The highest BCUT2D eigenvalue weighted by Gasteiger charge is 2.17. The second-order valence-electron chi connectivity index (χ2n) is 6.53. The van der Waals surface area contributed by atoms with E-state index in [2.05, 4.69) is 22.0 Å². The maximum atomic E-state index is 11.7. The molecule has 2 aromatic rings. The minimum Gasteiger partial charge on any atom is -0.378 e. The van der Waals surface area contributed by atoms with Crippen molar-refractivity contribution in [3.05, 3.63) is 24.2 Å². The van der Waals surface area contributed by atoms with Crippen molar-refractivity contribution in [2.45, 2.75) is 43.2 Å². The SMILES string of the molecule is CN(CC[C@H]1CCCCO1)Cc1cnc2c(S(C)(=O)=O)cnn2c1. The molecular weight excluding hydrogens is 328 g/mol. The summed E-state index contributed by atoms with van der Waals surface area (Å²) < 4.78 is 30.7. The van der Waals surface area contributed by atoms with Crippen molar-refractivity contribution >= 4 is 15.5 Å². The topological polar surface area (TPSA) is 76.8 Å². The van der Waals surface area contributed by atoms with Crippen LogP contribution in [0.2, 0.25) is 0 Å². The molecule has 0 spiro atoms. The molecule has 1 aliphatic heterocycles. The molecule has 3 heterocycles. The van der Waals surface area contributed by atoms with Gasteiger partial charge < -0.3 is 9.64 Å². The summed E-state index contributed by atoms with van der Waals surface area (Å²) in [5.74, 6) is 0. The highest BCUT2D eigenvalue weighted by atomic mass is 32.2. The van der Waals surface area contributed by atoms with E-state index in [1.54, 1.807) is 6.20 Å². The van der Waals surface area contributed by atoms with Crippen LogP contribution in [0, 0.1) is 0 Å². The Morgan fingerprint density at radius 3 is 2.92 bits per heavy atom. The Hall–Kier alpha value is -1.51. The van der Waals surface area contributed by atoms with Gasteiger partial charge in [-0.25, -0.2) is 17.9 Å². The van der Waals surface area contributed by atoms with E-state index in [-0.39, 0.29) is 4.90 Å². The summed E-state index contributed by atoms with van der Waals surface area (Å²) in [5, 5.41) is 4.11. The predicted molar refractivity (Wildman–Crippen MR) is 90.6 cm³/mol. The molecule has 0 amide bonds. The zero-order chi connectivity index (χ0) is 17.2. The van der Waals surface area contributed by atoms with Crippen LogP contribution < -0.4 is 0 Å².